The van der Waals surface area contributed by atoms with Crippen LogP contribution in [0.4, 0.5) is 19.2 Å². The van der Waals surface area contributed by atoms with E-state index in [-0.39, 0.29) is 17.6 Å². The average Bonchev–Trinajstić information content (AvgIpc) is 3.26. The van der Waals surface area contributed by atoms with Crippen LogP contribution in [-0.2, 0) is 52.2 Å². The van der Waals surface area contributed by atoms with Gasteiger partial charge in [0.1, 0.15) is 35.1 Å². The fourth-order valence-electron chi connectivity index (χ4n) is 8.07. The van der Waals surface area contributed by atoms with Crippen LogP contribution in [0.5, 0.6) is 0 Å². The number of fused-ring (bicyclic) bond motifs is 3. The van der Waals surface area contributed by atoms with E-state index in [1.807, 2.05) is 0 Å². The highest BCUT2D eigenvalue weighted by Crippen LogP contribution is 2.63. The van der Waals surface area contributed by atoms with E-state index >= 15 is 4.79 Å². The van der Waals surface area contributed by atoms with Crippen LogP contribution in [0.3, 0.4) is 0 Å². The molecule has 0 aromatic carbocycles. The first-order chi connectivity index (χ1) is 23.9. The number of ketones is 1. The van der Waals surface area contributed by atoms with E-state index in [0.29, 0.717) is 0 Å². The molecule has 1 aliphatic heterocycles. The first kappa shape index (κ1) is 41.7. The molecule has 0 aromatic heterocycles. The van der Waals surface area contributed by atoms with Crippen LogP contribution in [0.25, 0.3) is 0 Å². The molecule has 9 atom stereocenters. The molecule has 4 rings (SSSR count). The van der Waals surface area contributed by atoms with E-state index in [1.165, 1.54) is 6.92 Å². The molecule has 1 saturated heterocycles. The summed E-state index contributed by atoms with van der Waals surface area (Å²) in [4.78, 5) is 81.2. The lowest BCUT2D eigenvalue weighted by molar-refractivity contribution is -0.228. The Bertz CT molecular complexity index is 1560. The fraction of sp³-hybridized carbons (Fsp3) is 0.784. The van der Waals surface area contributed by atoms with Crippen molar-refractivity contribution in [1.82, 2.24) is 0 Å². The molecule has 0 unspecified atom stereocenters. The van der Waals surface area contributed by atoms with E-state index < -0.39 is 119 Å². The summed E-state index contributed by atoms with van der Waals surface area (Å²) in [5.74, 6) is -3.24. The number of hydrogen-bond donors (Lipinski definition) is 1. The minimum Gasteiger partial charge on any atom is -0.460 e. The maximum absolute atomic E-state index is 15.5. The lowest BCUT2D eigenvalue weighted by Gasteiger charge is -2.60. The molecule has 53 heavy (non-hydrogen) atoms. The van der Waals surface area contributed by atoms with Crippen LogP contribution in [0.2, 0.25) is 0 Å². The van der Waals surface area contributed by atoms with E-state index in [1.54, 1.807) is 83.1 Å². The van der Waals surface area contributed by atoms with Gasteiger partial charge in [-0.25, -0.2) is 19.2 Å². The monoisotopic (exact) mass is 754 g/mol. The topological polar surface area (TPSA) is 206 Å². The summed E-state index contributed by atoms with van der Waals surface area (Å²) in [6.07, 6.45) is -14.7. The van der Waals surface area contributed by atoms with Gasteiger partial charge in [-0.1, -0.05) is 13.8 Å². The average molecular weight is 755 g/mol. The lowest BCUT2D eigenvalue weighted by atomic mass is 9.47. The van der Waals surface area contributed by atoms with Crippen molar-refractivity contribution in [2.45, 2.75) is 169 Å². The zero-order valence-corrected chi connectivity index (χ0v) is 33.0. The minimum absolute atomic E-state index is 0.0868. The highest BCUT2D eigenvalue weighted by Gasteiger charge is 2.76. The van der Waals surface area contributed by atoms with Gasteiger partial charge >= 0.3 is 30.6 Å². The Morgan fingerprint density at radius 2 is 1.26 bits per heavy atom. The van der Waals surface area contributed by atoms with Crippen LogP contribution in [0, 0.1) is 16.7 Å². The lowest BCUT2D eigenvalue weighted by Crippen LogP contribution is -2.73. The highest BCUT2D eigenvalue weighted by molar-refractivity contribution is 5.95. The van der Waals surface area contributed by atoms with E-state index in [0.717, 1.165) is 6.92 Å². The van der Waals surface area contributed by atoms with Crippen LogP contribution < -0.4 is 0 Å². The van der Waals surface area contributed by atoms with Crippen molar-refractivity contribution in [3.8, 4) is 0 Å². The van der Waals surface area contributed by atoms with Gasteiger partial charge in [-0.05, 0) is 87.3 Å². The third-order valence-electron chi connectivity index (χ3n) is 10.2. The van der Waals surface area contributed by atoms with E-state index in [9.17, 15) is 29.1 Å². The summed E-state index contributed by atoms with van der Waals surface area (Å²) in [7, 11) is 0. The third-order valence-corrected chi connectivity index (χ3v) is 10.2. The summed E-state index contributed by atoms with van der Waals surface area (Å²) >= 11 is 0. The maximum Gasteiger partial charge on any atom is 0.509 e. The largest absolute Gasteiger partial charge is 0.509 e. The summed E-state index contributed by atoms with van der Waals surface area (Å²) in [6, 6.07) is 0. The van der Waals surface area contributed by atoms with Crippen LogP contribution in [0.1, 0.15) is 110 Å². The second-order valence-corrected chi connectivity index (χ2v) is 17.9. The van der Waals surface area contributed by atoms with Crippen LogP contribution >= 0.6 is 0 Å². The zero-order valence-electron chi connectivity index (χ0n) is 33.0. The van der Waals surface area contributed by atoms with Crippen molar-refractivity contribution in [2.24, 2.45) is 16.7 Å². The van der Waals surface area contributed by atoms with Crippen molar-refractivity contribution in [2.75, 3.05) is 0 Å². The van der Waals surface area contributed by atoms with Crippen molar-refractivity contribution in [1.29, 1.82) is 0 Å². The quantitative estimate of drug-likeness (QED) is 0.202. The first-order valence-electron chi connectivity index (χ1n) is 17.6. The molecule has 0 radical (unpaired) electrons. The molecule has 0 aromatic rings. The van der Waals surface area contributed by atoms with Gasteiger partial charge in [0.25, 0.3) is 0 Å². The number of carbonyl (C=O) groups is 6. The molecule has 3 aliphatic carbocycles. The molecule has 1 spiro atoms. The normalized spacial score (nSPS) is 33.8. The van der Waals surface area contributed by atoms with Gasteiger partial charge in [0.15, 0.2) is 23.6 Å². The van der Waals surface area contributed by atoms with Crippen molar-refractivity contribution in [3.63, 3.8) is 0 Å². The van der Waals surface area contributed by atoms with Gasteiger partial charge in [-0.3, -0.25) is 9.59 Å². The van der Waals surface area contributed by atoms with Gasteiger partial charge < -0.3 is 47.7 Å². The number of Topliss-reactive ketones (excluding diaryl/α,β-unsaturated/α-hetero) is 1. The number of carbonyl (C=O) groups excluding carboxylic acids is 6. The van der Waals surface area contributed by atoms with Gasteiger partial charge in [-0.15, -0.1) is 0 Å². The van der Waals surface area contributed by atoms with Gasteiger partial charge in [0, 0.05) is 31.1 Å². The third kappa shape index (κ3) is 8.07. The highest BCUT2D eigenvalue weighted by atomic mass is 16.8. The number of aliphatic hydroxyl groups excluding tert-OH is 1. The smallest absolute Gasteiger partial charge is 0.460 e. The maximum atomic E-state index is 15.5. The number of esters is 1. The molecule has 16 heteroatoms. The number of ether oxygens (including phenoxy) is 9. The molecule has 4 aliphatic rings. The van der Waals surface area contributed by atoms with Gasteiger partial charge in [0.05, 0.1) is 11.5 Å². The number of hydrogen-bond acceptors (Lipinski definition) is 16. The SMILES string of the molecule is CC(=O)O[C@H]1C[C@H](OC(=O)OC(C)(C)C)[C@@]2(C)C(=O)[C@H](OC(=O)OC(C)(C)C)C3=C(C)[C@@H](OC(=O)OC(C)(C)C)C[C@]4(OC(=O)O[C@H]4[C@@H]2[C@@H]1O)C3(C)C. The summed E-state index contributed by atoms with van der Waals surface area (Å²) in [5, 5.41) is 12.2. The molecular formula is C37H54O16. The Morgan fingerprint density at radius 3 is 1.75 bits per heavy atom. The Morgan fingerprint density at radius 1 is 0.774 bits per heavy atom. The molecule has 2 saturated carbocycles. The number of rotatable bonds is 4. The summed E-state index contributed by atoms with van der Waals surface area (Å²) in [5.41, 5.74) is -8.07. The molecular weight excluding hydrogens is 700 g/mol. The zero-order chi connectivity index (χ0) is 40.4. The van der Waals surface area contributed by atoms with Gasteiger partial charge in [0.2, 0.25) is 0 Å². The molecule has 1 heterocycles. The Hall–Kier alpha value is -4.08. The fourth-order valence-corrected chi connectivity index (χ4v) is 8.07. The van der Waals surface area contributed by atoms with E-state index in [4.69, 9.17) is 42.6 Å². The predicted octanol–water partition coefficient (Wildman–Crippen LogP) is 5.87. The minimum atomic E-state index is -2.07. The van der Waals surface area contributed by atoms with Crippen molar-refractivity contribution in [3.05, 3.63) is 11.1 Å². The number of aliphatic hydroxyl groups is 1. The van der Waals surface area contributed by atoms with Gasteiger partial charge in [-0.2, -0.15) is 0 Å². The summed E-state index contributed by atoms with van der Waals surface area (Å²) < 4.78 is 51.4. The molecule has 2 bridgehead atoms. The molecule has 16 nitrogen and oxygen atoms in total. The Balaban J connectivity index is 2.05. The molecule has 0 amide bonds. The molecule has 1 N–H and O–H groups in total. The molecule has 298 valence electrons. The van der Waals surface area contributed by atoms with Crippen LogP contribution in [-0.4, -0.2) is 101 Å². The Kier molecular flexibility index (Phi) is 10.7. The van der Waals surface area contributed by atoms with Crippen molar-refractivity contribution >= 4 is 36.4 Å². The summed E-state index contributed by atoms with van der Waals surface area (Å²) in [6.45, 7) is 21.8. The second kappa shape index (κ2) is 13.6. The standard InChI is InChI=1S/C37H54O16/c1-17-20(46-28(41)50-32(3,4)5)16-37-27(49-31(44)53-37)23-24(39)19(45-18(2)38)15-21(47-29(42)51-33(6,7)8)36(23,14)26(40)25(22(17)35(37,12)13)48-30(43)52-34(9,10)11/h19-21,23-25,27,39H,15-16H2,1-14H3/t19-,20-,21-,23-,24+,25+,27-,36+,37+/m0/s1. The van der Waals surface area contributed by atoms with Crippen LogP contribution in [0.15, 0.2) is 11.1 Å². The predicted molar refractivity (Wildman–Crippen MR) is 181 cm³/mol. The first-order valence-corrected chi connectivity index (χ1v) is 17.6. The van der Waals surface area contributed by atoms with Crippen molar-refractivity contribution < 1.29 is 76.5 Å². The van der Waals surface area contributed by atoms with E-state index in [2.05, 4.69) is 0 Å². The second-order valence-electron chi connectivity index (χ2n) is 17.9. The molecule has 3 fully saturated rings. The Labute approximate surface area is 309 Å².